The van der Waals surface area contributed by atoms with Gasteiger partial charge in [-0.3, -0.25) is 0 Å². The Morgan fingerprint density at radius 2 is 1.13 bits per heavy atom. The van der Waals surface area contributed by atoms with Crippen molar-refractivity contribution in [3.8, 4) is 33.4 Å². The number of benzene rings is 6. The first-order chi connectivity index (χ1) is 27.5. The molecule has 0 saturated heterocycles. The van der Waals surface area contributed by atoms with Crippen molar-refractivity contribution < 1.29 is 17.8 Å². The summed E-state index contributed by atoms with van der Waals surface area (Å²) in [5.74, 6) is 0. The first-order valence-electron chi connectivity index (χ1n) is 22.1. The molecule has 0 atom stereocenters. The van der Waals surface area contributed by atoms with E-state index in [-0.39, 0.29) is 99.7 Å². The first kappa shape index (κ1) is 17.2. The van der Waals surface area contributed by atoms with Crippen LogP contribution in [0.4, 0.5) is 17.1 Å². The highest BCUT2D eigenvalue weighted by Gasteiger charge is 2.41. The van der Waals surface area contributed by atoms with Gasteiger partial charge < -0.3 is 4.90 Å². The van der Waals surface area contributed by atoms with Gasteiger partial charge in [0, 0.05) is 33.1 Å². The number of anilines is 3. The normalized spacial score (nSPS) is 20.5. The molecule has 0 aromatic heterocycles. The van der Waals surface area contributed by atoms with Gasteiger partial charge in [0.2, 0.25) is 0 Å². The van der Waals surface area contributed by atoms with E-state index in [0.29, 0.717) is 44.5 Å². The zero-order valence-corrected chi connectivity index (χ0v) is 26.6. The topological polar surface area (TPSA) is 3.24 Å². The summed E-state index contributed by atoms with van der Waals surface area (Å²) in [6.45, 7) is 11.2. The van der Waals surface area contributed by atoms with E-state index in [1.165, 1.54) is 17.0 Å². The van der Waals surface area contributed by atoms with Gasteiger partial charge in [0.25, 0.3) is 0 Å². The van der Waals surface area contributed by atoms with Gasteiger partial charge in [-0.05, 0) is 79.8 Å². The SMILES string of the molecule is [2H]c1cc([2H])c2c(c1)-c1c(cc([2H])c([2H])c1N(c1c([2H])c([2H])c3c(c1[2H])C(C)(C)c1cccc([2H])c1-3)c1c([2H])c([2H])c([2H])c3c1-c1c(ccc([2H])c1[2H])C3(C)C)C2(C)C. The molecule has 0 spiro atoms. The fraction of sp³-hybridized carbons (Fsp3) is 0.200. The van der Waals surface area contributed by atoms with Gasteiger partial charge in [-0.1, -0.05) is 144 Å². The Balaban J connectivity index is 1.55. The molecule has 9 rings (SSSR count). The molecule has 0 unspecified atom stereocenters. The van der Waals surface area contributed by atoms with Crippen LogP contribution < -0.4 is 4.90 Å². The summed E-state index contributed by atoms with van der Waals surface area (Å²) in [7, 11) is 0. The second-order valence-electron chi connectivity index (χ2n) is 13.9. The smallest absolute Gasteiger partial charge is 0.0648 e. The van der Waals surface area contributed by atoms with Crippen LogP contribution in [0.25, 0.3) is 33.4 Å². The van der Waals surface area contributed by atoms with E-state index in [0.717, 1.165) is 0 Å². The molecule has 1 nitrogen and oxygen atoms in total. The highest BCUT2D eigenvalue weighted by Crippen LogP contribution is 2.59. The molecule has 0 saturated carbocycles. The summed E-state index contributed by atoms with van der Waals surface area (Å²) in [6.07, 6.45) is 0. The van der Waals surface area contributed by atoms with Crippen molar-refractivity contribution in [1.29, 1.82) is 0 Å². The Morgan fingerprint density at radius 1 is 0.435 bits per heavy atom. The highest BCUT2D eigenvalue weighted by molar-refractivity contribution is 6.00. The third kappa shape index (κ3) is 3.41. The molecule has 224 valence electrons. The molecular formula is C45H39N. The van der Waals surface area contributed by atoms with E-state index in [1.54, 1.807) is 30.3 Å². The summed E-state index contributed by atoms with van der Waals surface area (Å²) in [5, 5.41) is 0. The average Bonchev–Trinajstić information content (AvgIpc) is 3.64. The number of nitrogens with zero attached hydrogens (tertiary/aromatic N) is 1. The van der Waals surface area contributed by atoms with E-state index in [2.05, 4.69) is 0 Å². The maximum atomic E-state index is 10.2. The van der Waals surface area contributed by atoms with Crippen molar-refractivity contribution >= 4 is 17.1 Å². The maximum Gasteiger partial charge on any atom is 0.0648 e. The zero-order valence-electron chi connectivity index (χ0n) is 39.6. The number of rotatable bonds is 3. The fourth-order valence-corrected chi connectivity index (χ4v) is 7.93. The largest absolute Gasteiger partial charge is 0.309 e. The Morgan fingerprint density at radius 3 is 1.98 bits per heavy atom. The van der Waals surface area contributed by atoms with Crippen LogP contribution in [0.2, 0.25) is 0 Å². The Kier molecular flexibility index (Phi) is 3.39. The number of hydrogen-bond acceptors (Lipinski definition) is 1. The summed E-state index contributed by atoms with van der Waals surface area (Å²) in [6, 6.07) is 9.80. The minimum Gasteiger partial charge on any atom is -0.309 e. The van der Waals surface area contributed by atoms with Crippen molar-refractivity contribution in [3.63, 3.8) is 0 Å². The lowest BCUT2D eigenvalue weighted by molar-refractivity contribution is 0.660. The molecule has 6 aromatic carbocycles. The van der Waals surface area contributed by atoms with Gasteiger partial charge in [-0.2, -0.15) is 0 Å². The zero-order chi connectivity index (χ0) is 42.9. The molecule has 3 aliphatic rings. The lowest BCUT2D eigenvalue weighted by atomic mass is 9.82. The molecule has 0 amide bonds. The fourth-order valence-electron chi connectivity index (χ4n) is 7.93. The summed E-state index contributed by atoms with van der Waals surface area (Å²) >= 11 is 0. The first-order valence-corrected chi connectivity index (χ1v) is 15.6. The van der Waals surface area contributed by atoms with Gasteiger partial charge in [-0.15, -0.1) is 0 Å². The van der Waals surface area contributed by atoms with Crippen LogP contribution in [0.1, 0.15) is 92.7 Å². The molecule has 6 aromatic rings. The van der Waals surface area contributed by atoms with Crippen LogP contribution >= 0.6 is 0 Å². The van der Waals surface area contributed by atoms with Gasteiger partial charge in [0.15, 0.2) is 0 Å². The predicted octanol–water partition coefficient (Wildman–Crippen LogP) is 12.1. The number of fused-ring (bicyclic) bond motifs is 9. The minimum atomic E-state index is -1.03. The standard InChI is InChI=1S/C45H39N/c1-43(2)34-19-11-8-16-31(34)41-36(43)21-13-23-39(41)46(28-25-26-30-29-15-7-10-18-33(29)45(5,6)38(30)27-28)40-24-14-22-37-42(40)32-17-9-12-20-35(32)44(37,3)4/h7-27H,1-6H3/i8D,9D,13D,14D,15D,16D,20D,21D,23D,24D,25D,26D,27D. The van der Waals surface area contributed by atoms with Crippen LogP contribution in [-0.2, 0) is 16.2 Å². The van der Waals surface area contributed by atoms with Crippen molar-refractivity contribution in [2.75, 3.05) is 4.90 Å². The van der Waals surface area contributed by atoms with Crippen molar-refractivity contribution in [2.24, 2.45) is 0 Å². The van der Waals surface area contributed by atoms with E-state index in [4.69, 9.17) is 5.48 Å². The van der Waals surface area contributed by atoms with E-state index in [9.17, 15) is 12.3 Å². The molecular weight excluding hydrogens is 555 g/mol. The van der Waals surface area contributed by atoms with Gasteiger partial charge >= 0.3 is 0 Å². The van der Waals surface area contributed by atoms with Crippen LogP contribution in [-0.4, -0.2) is 0 Å². The van der Waals surface area contributed by atoms with Crippen molar-refractivity contribution in [3.05, 3.63) is 160 Å². The van der Waals surface area contributed by atoms with E-state index in [1.807, 2.05) is 47.6 Å². The Hall–Kier alpha value is -4.88. The lowest BCUT2D eigenvalue weighted by Gasteiger charge is -2.32. The van der Waals surface area contributed by atoms with E-state index >= 15 is 0 Å². The summed E-state index contributed by atoms with van der Waals surface area (Å²) in [5.41, 5.74) is 1.28. The average molecular weight is 607 g/mol. The molecule has 1 heteroatoms. The van der Waals surface area contributed by atoms with Crippen molar-refractivity contribution in [1.82, 2.24) is 0 Å². The molecule has 0 radical (unpaired) electrons. The van der Waals surface area contributed by atoms with Crippen LogP contribution in [0.5, 0.6) is 0 Å². The lowest BCUT2D eigenvalue weighted by Crippen LogP contribution is -2.18. The molecule has 46 heavy (non-hydrogen) atoms. The second kappa shape index (κ2) is 9.10. The summed E-state index contributed by atoms with van der Waals surface area (Å²) < 4.78 is 122. The van der Waals surface area contributed by atoms with E-state index < -0.39 is 34.4 Å². The highest BCUT2D eigenvalue weighted by atomic mass is 15.1. The Labute approximate surface area is 291 Å². The maximum absolute atomic E-state index is 10.2. The quantitative estimate of drug-likeness (QED) is 0.194. The van der Waals surface area contributed by atoms with Crippen LogP contribution in [0.3, 0.4) is 0 Å². The Bertz CT molecular complexity index is 2960. The second-order valence-corrected chi connectivity index (χ2v) is 13.9. The van der Waals surface area contributed by atoms with Crippen LogP contribution in [0, 0.1) is 0 Å². The molecule has 0 aliphatic heterocycles. The van der Waals surface area contributed by atoms with Gasteiger partial charge in [0.05, 0.1) is 29.2 Å². The van der Waals surface area contributed by atoms with Crippen molar-refractivity contribution in [2.45, 2.75) is 57.8 Å². The molecule has 0 fully saturated rings. The van der Waals surface area contributed by atoms with Gasteiger partial charge in [0.1, 0.15) is 0 Å². The third-order valence-electron chi connectivity index (χ3n) is 10.4. The molecule has 0 heterocycles. The summed E-state index contributed by atoms with van der Waals surface area (Å²) in [4.78, 5) is 1.34. The number of hydrogen-bond donors (Lipinski definition) is 0. The van der Waals surface area contributed by atoms with Gasteiger partial charge in [-0.25, -0.2) is 0 Å². The predicted molar refractivity (Wildman–Crippen MR) is 194 cm³/mol. The minimum absolute atomic E-state index is 0.0157. The molecule has 0 N–H and O–H groups in total. The van der Waals surface area contributed by atoms with Crippen LogP contribution in [0.15, 0.2) is 127 Å². The third-order valence-corrected chi connectivity index (χ3v) is 10.4. The monoisotopic (exact) mass is 606 g/mol. The molecule has 0 bridgehead atoms. The molecule has 3 aliphatic carbocycles.